The number of ether oxygens (including phenoxy) is 4. The van der Waals surface area contributed by atoms with E-state index in [2.05, 4.69) is 20.4 Å². The van der Waals surface area contributed by atoms with Crippen LogP contribution in [0.5, 0.6) is 0 Å². The molecule has 9 nitrogen and oxygen atoms in total. The van der Waals surface area contributed by atoms with Crippen LogP contribution in [0, 0.1) is 19.3 Å². The minimum atomic E-state index is -5.18. The maximum atomic E-state index is 12.0. The predicted molar refractivity (Wildman–Crippen MR) is 81.6 cm³/mol. The summed E-state index contributed by atoms with van der Waals surface area (Å²) in [7, 11) is 0. The van der Waals surface area contributed by atoms with Gasteiger partial charge in [-0.3, -0.25) is 14.3 Å². The molecule has 1 aromatic rings. The number of hydrogen-bond donors (Lipinski definition) is 1. The monoisotopic (exact) mass is 392 g/mol. The number of alkyl halides is 3. The zero-order valence-electron chi connectivity index (χ0n) is 13.9. The van der Waals surface area contributed by atoms with Gasteiger partial charge in [-0.15, -0.1) is 19.6 Å². The molecule has 0 amide bonds. The molecule has 1 aliphatic rings. The molecular weight excluding hydrogens is 377 g/mol. The number of aromatic nitrogens is 2. The summed E-state index contributed by atoms with van der Waals surface area (Å²) in [5, 5.41) is 0. The van der Waals surface area contributed by atoms with Crippen molar-refractivity contribution in [1.29, 1.82) is 0 Å². The third kappa shape index (κ3) is 5.60. The van der Waals surface area contributed by atoms with E-state index in [0.29, 0.717) is 0 Å². The second-order valence-corrected chi connectivity index (χ2v) is 5.51. The van der Waals surface area contributed by atoms with Crippen LogP contribution in [-0.2, 0) is 18.9 Å². The highest BCUT2D eigenvalue weighted by Gasteiger charge is 2.40. The van der Waals surface area contributed by atoms with Gasteiger partial charge in [0.25, 0.3) is 5.56 Å². The van der Waals surface area contributed by atoms with Gasteiger partial charge >= 0.3 is 18.2 Å². The summed E-state index contributed by atoms with van der Waals surface area (Å²) >= 11 is 0. The van der Waals surface area contributed by atoms with Crippen molar-refractivity contribution >= 4 is 6.16 Å². The van der Waals surface area contributed by atoms with Crippen molar-refractivity contribution in [2.75, 3.05) is 13.2 Å². The maximum absolute atomic E-state index is 12.0. The number of H-pyrrole nitrogens is 1. The maximum Gasteiger partial charge on any atom is 0.577 e. The number of nitrogens with one attached hydrogen (secondary N) is 1. The highest BCUT2D eigenvalue weighted by molar-refractivity contribution is 5.60. The van der Waals surface area contributed by atoms with E-state index in [4.69, 9.17) is 15.9 Å². The Balaban J connectivity index is 2.11. The van der Waals surface area contributed by atoms with Crippen LogP contribution in [-0.4, -0.2) is 47.5 Å². The molecule has 3 atom stereocenters. The van der Waals surface area contributed by atoms with E-state index < -0.39 is 48.8 Å². The van der Waals surface area contributed by atoms with E-state index in [0.717, 1.165) is 4.57 Å². The lowest BCUT2D eigenvalue weighted by Gasteiger charge is -2.18. The third-order valence-corrected chi connectivity index (χ3v) is 3.58. The van der Waals surface area contributed by atoms with Gasteiger partial charge in [0.15, 0.2) is 0 Å². The summed E-state index contributed by atoms with van der Waals surface area (Å²) in [4.78, 5) is 36.5. The van der Waals surface area contributed by atoms with Crippen LogP contribution in [0.3, 0.4) is 0 Å². The second kappa shape index (κ2) is 8.28. The second-order valence-electron chi connectivity index (χ2n) is 5.51. The standard InChI is InChI=1S/C15H15F3N2O7/c1-3-4-24-9-5-11(20-6-8(2)12(21)19-13(20)22)26-10(9)7-25-14(23)27-15(16,17)18/h1,6,9-11H,4-5,7H2,2H3,(H,19,21,22)/t9-,10+,11+/m0/s1. The van der Waals surface area contributed by atoms with Crippen molar-refractivity contribution in [3.05, 3.63) is 32.6 Å². The van der Waals surface area contributed by atoms with Crippen LogP contribution in [0.25, 0.3) is 0 Å². The number of carbonyl (C=O) groups is 1. The van der Waals surface area contributed by atoms with Gasteiger partial charge in [-0.2, -0.15) is 0 Å². The Hall–Kier alpha value is -2.78. The van der Waals surface area contributed by atoms with Crippen LogP contribution in [0.2, 0.25) is 0 Å². The molecule has 1 N–H and O–H groups in total. The van der Waals surface area contributed by atoms with Crippen molar-refractivity contribution < 1.29 is 36.9 Å². The van der Waals surface area contributed by atoms with Gasteiger partial charge in [0.05, 0.1) is 6.10 Å². The Labute approximate surface area is 150 Å². The molecule has 0 aromatic carbocycles. The molecular formula is C15H15F3N2O7. The van der Waals surface area contributed by atoms with E-state index >= 15 is 0 Å². The average Bonchev–Trinajstić information content (AvgIpc) is 2.95. The molecule has 12 heteroatoms. The number of aromatic amines is 1. The van der Waals surface area contributed by atoms with Gasteiger partial charge in [0, 0.05) is 18.2 Å². The van der Waals surface area contributed by atoms with Crippen LogP contribution in [0.1, 0.15) is 18.2 Å². The first-order chi connectivity index (χ1) is 12.6. The van der Waals surface area contributed by atoms with E-state index in [-0.39, 0.29) is 18.6 Å². The highest BCUT2D eigenvalue weighted by Crippen LogP contribution is 2.30. The summed E-state index contributed by atoms with van der Waals surface area (Å²) in [6.45, 7) is 0.714. The fraction of sp³-hybridized carbons (Fsp3) is 0.533. The normalized spacial score (nSPS) is 22.3. The first-order valence-corrected chi connectivity index (χ1v) is 7.56. The van der Waals surface area contributed by atoms with Crippen molar-refractivity contribution in [3.8, 4) is 12.3 Å². The molecule has 1 aromatic heterocycles. The zero-order chi connectivity index (χ0) is 20.2. The Morgan fingerprint density at radius 3 is 2.81 bits per heavy atom. The van der Waals surface area contributed by atoms with Gasteiger partial charge in [-0.25, -0.2) is 9.59 Å². The van der Waals surface area contributed by atoms with E-state index in [1.807, 2.05) is 0 Å². The van der Waals surface area contributed by atoms with Crippen molar-refractivity contribution in [2.24, 2.45) is 0 Å². The smallest absolute Gasteiger partial charge is 0.431 e. The molecule has 0 unspecified atom stereocenters. The summed E-state index contributed by atoms with van der Waals surface area (Å²) in [5.74, 6) is 2.22. The molecule has 1 aliphatic heterocycles. The fourth-order valence-corrected chi connectivity index (χ4v) is 2.43. The molecule has 0 bridgehead atoms. The van der Waals surface area contributed by atoms with Gasteiger partial charge in [0.2, 0.25) is 0 Å². The fourth-order valence-electron chi connectivity index (χ4n) is 2.43. The summed E-state index contributed by atoms with van der Waals surface area (Å²) in [5.41, 5.74) is -1.07. The number of rotatable bonds is 5. The largest absolute Gasteiger partial charge is 0.577 e. The number of hydrogen-bond acceptors (Lipinski definition) is 7. The third-order valence-electron chi connectivity index (χ3n) is 3.58. The van der Waals surface area contributed by atoms with E-state index in [9.17, 15) is 27.6 Å². The number of nitrogens with zero attached hydrogens (tertiary/aromatic N) is 1. The van der Waals surface area contributed by atoms with E-state index in [1.165, 1.54) is 13.1 Å². The summed E-state index contributed by atoms with van der Waals surface area (Å²) < 4.78 is 55.4. The van der Waals surface area contributed by atoms with Crippen molar-refractivity contribution in [3.63, 3.8) is 0 Å². The topological polar surface area (TPSA) is 109 Å². The van der Waals surface area contributed by atoms with Crippen LogP contribution >= 0.6 is 0 Å². The highest BCUT2D eigenvalue weighted by atomic mass is 19.4. The lowest BCUT2D eigenvalue weighted by molar-refractivity contribution is -0.299. The first kappa shape index (κ1) is 20.5. The van der Waals surface area contributed by atoms with Gasteiger partial charge in [-0.05, 0) is 6.92 Å². The minimum absolute atomic E-state index is 0.0788. The molecule has 0 spiro atoms. The molecule has 0 aliphatic carbocycles. The van der Waals surface area contributed by atoms with Crippen LogP contribution in [0.4, 0.5) is 18.0 Å². The lowest BCUT2D eigenvalue weighted by atomic mass is 10.2. The Morgan fingerprint density at radius 2 is 2.19 bits per heavy atom. The minimum Gasteiger partial charge on any atom is -0.431 e. The SMILES string of the molecule is C#CCO[C@H]1C[C@H](n2cc(C)c(=O)[nH]c2=O)O[C@@H]1COC(=O)OC(F)(F)F. The van der Waals surface area contributed by atoms with Gasteiger partial charge in [0.1, 0.15) is 25.5 Å². The molecule has 1 fully saturated rings. The molecule has 2 rings (SSSR count). The van der Waals surface area contributed by atoms with E-state index in [1.54, 1.807) is 0 Å². The zero-order valence-corrected chi connectivity index (χ0v) is 13.9. The van der Waals surface area contributed by atoms with Crippen LogP contribution in [0.15, 0.2) is 15.8 Å². The molecule has 27 heavy (non-hydrogen) atoms. The average molecular weight is 392 g/mol. The van der Waals surface area contributed by atoms with Gasteiger partial charge in [-0.1, -0.05) is 5.92 Å². The summed E-state index contributed by atoms with van der Waals surface area (Å²) in [6, 6.07) is 0. The van der Waals surface area contributed by atoms with Crippen LogP contribution < -0.4 is 11.2 Å². The first-order valence-electron chi connectivity index (χ1n) is 7.56. The Kier molecular flexibility index (Phi) is 6.29. The lowest BCUT2D eigenvalue weighted by Crippen LogP contribution is -2.33. The Morgan fingerprint density at radius 1 is 1.48 bits per heavy atom. The molecule has 0 saturated carbocycles. The molecule has 148 valence electrons. The van der Waals surface area contributed by atoms with Crippen molar-refractivity contribution in [1.82, 2.24) is 9.55 Å². The summed E-state index contributed by atoms with van der Waals surface area (Å²) in [6.07, 6.45) is -3.38. The molecule has 1 saturated heterocycles. The number of carbonyl (C=O) groups excluding carboxylic acids is 1. The Bertz CT molecular complexity index is 840. The number of halogens is 3. The molecule has 0 radical (unpaired) electrons. The quantitative estimate of drug-likeness (QED) is 0.584. The number of terminal acetylenes is 1. The predicted octanol–water partition coefficient (Wildman–Crippen LogP) is 0.824. The van der Waals surface area contributed by atoms with Gasteiger partial charge < -0.3 is 18.9 Å². The van der Waals surface area contributed by atoms with Crippen molar-refractivity contribution in [2.45, 2.75) is 38.1 Å². The molecule has 2 heterocycles. The number of aryl methyl sites for hydroxylation is 1.